The Bertz CT molecular complexity index is 803. The van der Waals surface area contributed by atoms with Gasteiger partial charge < -0.3 is 0 Å². The Kier molecular flexibility index (Phi) is 43.0. The number of unbranched alkanes of at least 4 members (excludes halogenated alkanes) is 36. The lowest BCUT2D eigenvalue weighted by atomic mass is 10.1. The molecule has 1 rings (SSSR count). The van der Waals surface area contributed by atoms with Crippen LogP contribution in [0.2, 0.25) is 0 Å². The Hall–Kier alpha value is 0.270. The SMILES string of the molecule is CCCCCCCCCCCCCCCSc1c[c]cc(SCCCCCCCCCCCCCCC)c1SCCCCCCCCCCCCCCC. The lowest BCUT2D eigenvalue weighted by Crippen LogP contribution is -1.91. The highest BCUT2D eigenvalue weighted by atomic mass is 32.2. The molecule has 0 N–H and O–H groups in total. The van der Waals surface area contributed by atoms with Crippen LogP contribution in [0.3, 0.4) is 0 Å². The van der Waals surface area contributed by atoms with Crippen molar-refractivity contribution in [2.45, 2.75) is 286 Å². The van der Waals surface area contributed by atoms with Gasteiger partial charge >= 0.3 is 0 Å². The maximum absolute atomic E-state index is 3.57. The van der Waals surface area contributed by atoms with E-state index in [0.717, 1.165) is 0 Å². The zero-order chi connectivity index (χ0) is 38.7. The van der Waals surface area contributed by atoms with Gasteiger partial charge in [0.2, 0.25) is 0 Å². The molecule has 0 atom stereocenters. The van der Waals surface area contributed by atoms with E-state index in [4.69, 9.17) is 0 Å². The smallest absolute Gasteiger partial charge is 0.0345 e. The molecule has 0 fully saturated rings. The fourth-order valence-corrected chi connectivity index (χ4v) is 11.3. The van der Waals surface area contributed by atoms with Crippen LogP contribution in [0, 0.1) is 6.07 Å². The van der Waals surface area contributed by atoms with Crippen molar-refractivity contribution in [2.75, 3.05) is 17.3 Å². The van der Waals surface area contributed by atoms with Gasteiger partial charge in [0.15, 0.2) is 0 Å². The highest BCUT2D eigenvalue weighted by molar-refractivity contribution is 8.03. The molecule has 0 aliphatic rings. The number of hydrogen-bond acceptors (Lipinski definition) is 3. The topological polar surface area (TPSA) is 0 Å². The van der Waals surface area contributed by atoms with E-state index in [-0.39, 0.29) is 0 Å². The van der Waals surface area contributed by atoms with E-state index in [1.165, 1.54) is 277 Å². The number of rotatable bonds is 45. The summed E-state index contributed by atoms with van der Waals surface area (Å²) in [7, 11) is 0. The molecule has 0 nitrogen and oxygen atoms in total. The second-order valence-corrected chi connectivity index (χ2v) is 20.2. The molecule has 0 aromatic heterocycles. The predicted octanol–water partition coefficient (Wildman–Crippen LogP) is 20.0. The summed E-state index contributed by atoms with van der Waals surface area (Å²) in [6.07, 6.45) is 56.0. The monoisotopic (exact) mass is 804 g/mol. The van der Waals surface area contributed by atoms with Gasteiger partial charge in [0.25, 0.3) is 0 Å². The molecule has 317 valence electrons. The largest absolute Gasteiger partial charge is 0.125 e. The van der Waals surface area contributed by atoms with Crippen molar-refractivity contribution < 1.29 is 0 Å². The van der Waals surface area contributed by atoms with Crippen molar-refractivity contribution in [1.29, 1.82) is 0 Å². The zero-order valence-electron chi connectivity index (χ0n) is 37.1. The summed E-state index contributed by atoms with van der Waals surface area (Å²) in [5, 5.41) is 0. The van der Waals surface area contributed by atoms with Crippen LogP contribution in [0.15, 0.2) is 26.8 Å². The van der Waals surface area contributed by atoms with Crippen LogP contribution >= 0.6 is 35.3 Å². The third-order valence-electron chi connectivity index (χ3n) is 11.4. The predicted molar refractivity (Wildman–Crippen MR) is 255 cm³/mol. The number of thioether (sulfide) groups is 3. The molecule has 3 heteroatoms. The summed E-state index contributed by atoms with van der Waals surface area (Å²) in [5.74, 6) is 3.82. The van der Waals surface area contributed by atoms with Crippen LogP contribution in [0.25, 0.3) is 0 Å². The van der Waals surface area contributed by atoms with Crippen molar-refractivity contribution in [3.8, 4) is 0 Å². The first-order chi connectivity index (χ1) is 26.8. The lowest BCUT2D eigenvalue weighted by molar-refractivity contribution is 0.543. The molecule has 0 heterocycles. The Morgan fingerprint density at radius 2 is 0.481 bits per heavy atom. The molecule has 0 aliphatic heterocycles. The molecule has 54 heavy (non-hydrogen) atoms. The maximum Gasteiger partial charge on any atom is 0.0345 e. The van der Waals surface area contributed by atoms with Crippen LogP contribution in [0.1, 0.15) is 271 Å². The summed E-state index contributed by atoms with van der Waals surface area (Å²) in [4.78, 5) is 4.63. The first-order valence-electron chi connectivity index (χ1n) is 24.8. The fraction of sp³-hybridized carbons (Fsp3) is 0.882. The molecule has 1 aromatic rings. The van der Waals surface area contributed by atoms with Crippen molar-refractivity contribution >= 4 is 35.3 Å². The minimum Gasteiger partial charge on any atom is -0.125 e. The first-order valence-corrected chi connectivity index (χ1v) is 27.7. The third kappa shape index (κ3) is 35.4. The van der Waals surface area contributed by atoms with Gasteiger partial charge in [-0.15, -0.1) is 35.3 Å². The lowest BCUT2D eigenvalue weighted by Gasteiger charge is -2.14. The Morgan fingerprint density at radius 3 is 0.722 bits per heavy atom. The van der Waals surface area contributed by atoms with Crippen molar-refractivity contribution in [1.82, 2.24) is 0 Å². The molecular formula is C51H95S3. The molecular weight excluding hydrogens is 709 g/mol. The Labute approximate surface area is 354 Å². The third-order valence-corrected chi connectivity index (χ3v) is 15.1. The van der Waals surface area contributed by atoms with Crippen molar-refractivity contribution in [3.63, 3.8) is 0 Å². The summed E-state index contributed by atoms with van der Waals surface area (Å²) >= 11 is 6.42. The summed E-state index contributed by atoms with van der Waals surface area (Å²) in [5.41, 5.74) is 0. The van der Waals surface area contributed by atoms with E-state index >= 15 is 0 Å². The van der Waals surface area contributed by atoms with Crippen molar-refractivity contribution in [3.05, 3.63) is 18.2 Å². The Morgan fingerprint density at radius 1 is 0.278 bits per heavy atom. The van der Waals surface area contributed by atoms with Gasteiger partial charge in [-0.3, -0.25) is 0 Å². The molecule has 0 saturated carbocycles. The van der Waals surface area contributed by atoms with E-state index < -0.39 is 0 Å². The zero-order valence-corrected chi connectivity index (χ0v) is 39.5. The van der Waals surface area contributed by atoms with Gasteiger partial charge in [-0.2, -0.15) is 0 Å². The van der Waals surface area contributed by atoms with E-state index in [0.29, 0.717) is 0 Å². The molecule has 1 radical (unpaired) electrons. The van der Waals surface area contributed by atoms with Crippen LogP contribution in [0.5, 0.6) is 0 Å². The van der Waals surface area contributed by atoms with E-state index in [9.17, 15) is 0 Å². The van der Waals surface area contributed by atoms with Gasteiger partial charge in [0.05, 0.1) is 0 Å². The average molecular weight is 805 g/mol. The highest BCUT2D eigenvalue weighted by Gasteiger charge is 2.11. The maximum atomic E-state index is 3.57. The van der Waals surface area contributed by atoms with Gasteiger partial charge in [0.1, 0.15) is 0 Å². The molecule has 0 aliphatic carbocycles. The quantitative estimate of drug-likeness (QED) is 0.0476. The second-order valence-electron chi connectivity index (χ2n) is 16.8. The first kappa shape index (κ1) is 52.3. The minimum atomic E-state index is 1.27. The number of benzene rings is 1. The summed E-state index contributed by atoms with van der Waals surface area (Å²) in [6.45, 7) is 6.94. The molecule has 1 aromatic carbocycles. The van der Waals surface area contributed by atoms with Crippen LogP contribution < -0.4 is 0 Å². The number of hydrogen-bond donors (Lipinski definition) is 0. The highest BCUT2D eigenvalue weighted by Crippen LogP contribution is 2.40. The van der Waals surface area contributed by atoms with Crippen LogP contribution in [0.4, 0.5) is 0 Å². The molecule has 0 unspecified atom stereocenters. The van der Waals surface area contributed by atoms with E-state index in [2.05, 4.69) is 74.3 Å². The van der Waals surface area contributed by atoms with Crippen LogP contribution in [-0.4, -0.2) is 17.3 Å². The minimum absolute atomic E-state index is 1.27. The molecule has 0 bridgehead atoms. The standard InChI is InChI=1S/C51H95S3/c1-4-7-10-13-16-19-22-25-28-31-34-37-40-46-52-49-44-43-45-50(53-47-41-38-35-32-29-26-23-20-17-14-11-8-5-2)51(49)54-48-42-39-36-33-30-27-24-21-18-15-12-9-6-3/h44-45H,4-42,46-48H2,1-3H3. The van der Waals surface area contributed by atoms with Gasteiger partial charge in [-0.1, -0.05) is 252 Å². The Balaban J connectivity index is 2.33. The van der Waals surface area contributed by atoms with Crippen LogP contribution in [-0.2, 0) is 0 Å². The average Bonchev–Trinajstić information content (AvgIpc) is 3.18. The van der Waals surface area contributed by atoms with Crippen molar-refractivity contribution in [2.24, 2.45) is 0 Å². The second kappa shape index (κ2) is 44.4. The van der Waals surface area contributed by atoms with Gasteiger partial charge in [-0.05, 0) is 54.7 Å². The van der Waals surface area contributed by atoms with Gasteiger partial charge in [0, 0.05) is 14.7 Å². The normalized spacial score (nSPS) is 11.6. The molecule has 0 amide bonds. The van der Waals surface area contributed by atoms with Gasteiger partial charge in [-0.25, -0.2) is 0 Å². The summed E-state index contributed by atoms with van der Waals surface area (Å²) < 4.78 is 0. The van der Waals surface area contributed by atoms with E-state index in [1.54, 1.807) is 4.90 Å². The summed E-state index contributed by atoms with van der Waals surface area (Å²) in [6, 6.07) is 8.19. The molecule has 0 spiro atoms. The molecule has 0 saturated heterocycles. The van der Waals surface area contributed by atoms with E-state index in [1.807, 2.05) is 0 Å². The fourth-order valence-electron chi connectivity index (χ4n) is 7.70.